The summed E-state index contributed by atoms with van der Waals surface area (Å²) in [5.41, 5.74) is 0.947. The van der Waals surface area contributed by atoms with Gasteiger partial charge >= 0.3 is 0 Å². The van der Waals surface area contributed by atoms with E-state index in [1.165, 1.54) is 37.8 Å². The summed E-state index contributed by atoms with van der Waals surface area (Å²) in [6, 6.07) is 4.30. The standard InChI is InChI=1S/C25H26F2N6O2/c1-35-24-9-19(30-12-31-24)15-8-22(34)16(7-17(15)26)20-10-29-23(11-28-20)33(14-3-4-14)21-6-13-2-5-18(32-13)25(21)27/h7-14,18,21,25,32,34H,2-6H2,1H3/t13?,18?,21-,25+/m0/s1. The van der Waals surface area contributed by atoms with E-state index in [2.05, 4.69) is 30.2 Å². The van der Waals surface area contributed by atoms with E-state index < -0.39 is 12.0 Å². The molecule has 4 atom stereocenters. The van der Waals surface area contributed by atoms with Gasteiger partial charge in [-0.15, -0.1) is 0 Å². The molecule has 2 aliphatic heterocycles. The Morgan fingerprint density at radius 2 is 1.86 bits per heavy atom. The highest BCUT2D eigenvalue weighted by Gasteiger charge is 2.48. The molecule has 2 N–H and O–H groups in total. The summed E-state index contributed by atoms with van der Waals surface area (Å²) < 4.78 is 35.4. The van der Waals surface area contributed by atoms with Crippen molar-refractivity contribution >= 4 is 5.82 Å². The maximum Gasteiger partial charge on any atom is 0.216 e. The first-order chi connectivity index (χ1) is 17.0. The smallest absolute Gasteiger partial charge is 0.216 e. The quantitative estimate of drug-likeness (QED) is 0.552. The van der Waals surface area contributed by atoms with E-state index in [-0.39, 0.29) is 46.6 Å². The van der Waals surface area contributed by atoms with Crippen LogP contribution in [0.5, 0.6) is 11.6 Å². The molecule has 0 spiro atoms. The highest BCUT2D eigenvalue weighted by Crippen LogP contribution is 2.40. The summed E-state index contributed by atoms with van der Waals surface area (Å²) >= 11 is 0. The number of nitrogens with zero attached hydrogens (tertiary/aromatic N) is 5. The molecular weight excluding hydrogens is 454 g/mol. The van der Waals surface area contributed by atoms with Crippen molar-refractivity contribution in [3.63, 3.8) is 0 Å². The fourth-order valence-corrected chi connectivity index (χ4v) is 5.38. The van der Waals surface area contributed by atoms with Crippen molar-refractivity contribution in [3.8, 4) is 34.1 Å². The highest BCUT2D eigenvalue weighted by molar-refractivity contribution is 5.73. The molecule has 3 fully saturated rings. The van der Waals surface area contributed by atoms with Gasteiger partial charge in [-0.05, 0) is 44.2 Å². The number of benzene rings is 1. The zero-order valence-corrected chi connectivity index (χ0v) is 19.2. The third-order valence-electron chi connectivity index (χ3n) is 7.24. The van der Waals surface area contributed by atoms with Crippen LogP contribution < -0.4 is 15.0 Å². The van der Waals surface area contributed by atoms with E-state index >= 15 is 8.78 Å². The van der Waals surface area contributed by atoms with Gasteiger partial charge in [0.25, 0.3) is 0 Å². The first-order valence-corrected chi connectivity index (χ1v) is 11.9. The van der Waals surface area contributed by atoms with Crippen molar-refractivity contribution in [1.29, 1.82) is 0 Å². The number of aromatic nitrogens is 4. The molecule has 0 amide bonds. The number of phenols is 1. The topological polar surface area (TPSA) is 96.3 Å². The van der Waals surface area contributed by atoms with Gasteiger partial charge in [-0.1, -0.05) is 0 Å². The van der Waals surface area contributed by atoms with Crippen LogP contribution >= 0.6 is 0 Å². The molecule has 1 saturated carbocycles. The van der Waals surface area contributed by atoms with Gasteiger partial charge in [0.05, 0.1) is 36.9 Å². The number of methoxy groups -OCH3 is 1. The van der Waals surface area contributed by atoms with E-state index in [1.54, 1.807) is 6.20 Å². The molecule has 2 aromatic heterocycles. The molecule has 0 radical (unpaired) electrons. The SMILES string of the molecule is COc1cc(-c2cc(O)c(-c3cnc(N(C4CC4)[C@H]4CC5CCC(N5)[C@H]4F)cn3)cc2F)ncn1. The number of piperidine rings is 1. The molecule has 8 nitrogen and oxygen atoms in total. The number of alkyl halides is 1. The van der Waals surface area contributed by atoms with Crippen molar-refractivity contribution in [2.24, 2.45) is 0 Å². The second kappa shape index (κ2) is 8.67. The van der Waals surface area contributed by atoms with Gasteiger partial charge in [0.15, 0.2) is 0 Å². The van der Waals surface area contributed by atoms with Crippen molar-refractivity contribution in [2.45, 2.75) is 62.4 Å². The summed E-state index contributed by atoms with van der Waals surface area (Å²) in [4.78, 5) is 19.1. The minimum atomic E-state index is -0.957. The number of anilines is 1. The van der Waals surface area contributed by atoms with Crippen molar-refractivity contribution in [1.82, 2.24) is 25.3 Å². The van der Waals surface area contributed by atoms with Crippen LogP contribution in [0.3, 0.4) is 0 Å². The molecule has 2 bridgehead atoms. The number of aromatic hydroxyl groups is 1. The molecule has 2 saturated heterocycles. The Morgan fingerprint density at radius 3 is 2.60 bits per heavy atom. The van der Waals surface area contributed by atoms with Gasteiger partial charge in [-0.2, -0.15) is 0 Å². The van der Waals surface area contributed by atoms with Gasteiger partial charge < -0.3 is 20.1 Å². The first kappa shape index (κ1) is 22.1. The normalized spacial score (nSPS) is 25.5. The van der Waals surface area contributed by atoms with Crippen molar-refractivity contribution in [3.05, 3.63) is 42.7 Å². The van der Waals surface area contributed by atoms with E-state index in [9.17, 15) is 5.11 Å². The van der Waals surface area contributed by atoms with E-state index in [0.717, 1.165) is 32.1 Å². The number of hydrogen-bond donors (Lipinski definition) is 2. The van der Waals surface area contributed by atoms with Gasteiger partial charge in [0.1, 0.15) is 29.9 Å². The van der Waals surface area contributed by atoms with E-state index in [0.29, 0.717) is 17.6 Å². The number of hydrogen-bond acceptors (Lipinski definition) is 8. The molecule has 35 heavy (non-hydrogen) atoms. The minimum Gasteiger partial charge on any atom is -0.507 e. The Kier molecular flexibility index (Phi) is 5.47. The summed E-state index contributed by atoms with van der Waals surface area (Å²) in [5, 5.41) is 14.0. The lowest BCUT2D eigenvalue weighted by Gasteiger charge is -2.41. The molecule has 3 aliphatic rings. The van der Waals surface area contributed by atoms with Crippen molar-refractivity contribution in [2.75, 3.05) is 12.0 Å². The van der Waals surface area contributed by atoms with Gasteiger partial charge in [0, 0.05) is 35.3 Å². The number of phenolic OH excluding ortho intramolecular Hbond substituents is 1. The summed E-state index contributed by atoms with van der Waals surface area (Å²) in [6.45, 7) is 0. The zero-order valence-electron chi connectivity index (χ0n) is 19.2. The van der Waals surface area contributed by atoms with E-state index in [4.69, 9.17) is 4.74 Å². The fraction of sp³-hybridized carbons (Fsp3) is 0.440. The van der Waals surface area contributed by atoms with Crippen LogP contribution in [0.4, 0.5) is 14.6 Å². The van der Waals surface area contributed by atoms with Crippen molar-refractivity contribution < 1.29 is 18.6 Å². The minimum absolute atomic E-state index is 0.0967. The number of ether oxygens (including phenoxy) is 1. The average molecular weight is 481 g/mol. The van der Waals surface area contributed by atoms with Gasteiger partial charge in [0.2, 0.25) is 5.88 Å². The summed E-state index contributed by atoms with van der Waals surface area (Å²) in [6.07, 6.45) is 8.07. The maximum absolute atomic E-state index is 15.3. The van der Waals surface area contributed by atoms with Crippen LogP contribution in [0.1, 0.15) is 32.1 Å². The fourth-order valence-electron chi connectivity index (χ4n) is 5.38. The van der Waals surface area contributed by atoms with Crippen LogP contribution in [0.2, 0.25) is 0 Å². The molecule has 182 valence electrons. The lowest BCUT2D eigenvalue weighted by atomic mass is 9.96. The Bertz CT molecular complexity index is 1240. The Labute approximate surface area is 201 Å². The molecule has 1 aliphatic carbocycles. The molecule has 3 aromatic rings. The predicted molar refractivity (Wildman–Crippen MR) is 125 cm³/mol. The third-order valence-corrected chi connectivity index (χ3v) is 7.24. The summed E-state index contributed by atoms with van der Waals surface area (Å²) in [7, 11) is 1.46. The zero-order chi connectivity index (χ0) is 24.1. The Morgan fingerprint density at radius 1 is 1.00 bits per heavy atom. The molecular formula is C25H26F2N6O2. The number of rotatable bonds is 6. The van der Waals surface area contributed by atoms with Crippen LogP contribution in [-0.2, 0) is 0 Å². The number of fused-ring (bicyclic) bond motifs is 2. The van der Waals surface area contributed by atoms with Crippen LogP contribution in [0.15, 0.2) is 36.9 Å². The average Bonchev–Trinajstić information content (AvgIpc) is 3.63. The third kappa shape index (κ3) is 4.05. The Hall–Kier alpha value is -3.40. The molecule has 4 heterocycles. The molecule has 2 unspecified atom stereocenters. The second-order valence-corrected chi connectivity index (χ2v) is 9.49. The first-order valence-electron chi connectivity index (χ1n) is 11.9. The maximum atomic E-state index is 15.3. The Balaban J connectivity index is 1.28. The lowest BCUT2D eigenvalue weighted by Crippen LogP contribution is -2.57. The summed E-state index contributed by atoms with van der Waals surface area (Å²) in [5.74, 6) is 0.181. The van der Waals surface area contributed by atoms with Crippen LogP contribution in [0, 0.1) is 5.82 Å². The molecule has 6 rings (SSSR count). The monoisotopic (exact) mass is 480 g/mol. The van der Waals surface area contributed by atoms with Crippen LogP contribution in [-0.4, -0.2) is 62.5 Å². The van der Waals surface area contributed by atoms with E-state index in [1.807, 2.05) is 0 Å². The van der Waals surface area contributed by atoms with Gasteiger partial charge in [-0.3, -0.25) is 4.98 Å². The lowest BCUT2D eigenvalue weighted by molar-refractivity contribution is 0.171. The second-order valence-electron chi connectivity index (χ2n) is 9.49. The number of nitrogens with one attached hydrogen (secondary N) is 1. The molecule has 10 heteroatoms. The van der Waals surface area contributed by atoms with Crippen LogP contribution in [0.25, 0.3) is 22.5 Å². The highest BCUT2D eigenvalue weighted by atomic mass is 19.1. The number of halogens is 2. The van der Waals surface area contributed by atoms with Gasteiger partial charge in [-0.25, -0.2) is 23.7 Å². The predicted octanol–water partition coefficient (Wildman–Crippen LogP) is 3.65. The largest absolute Gasteiger partial charge is 0.507 e. The molecule has 1 aromatic carbocycles.